The largest absolute Gasteiger partial charge is 0.444 e. The van der Waals surface area contributed by atoms with Gasteiger partial charge in [0.1, 0.15) is 11.3 Å². The molecule has 0 aromatic heterocycles. The van der Waals surface area contributed by atoms with Gasteiger partial charge in [-0.2, -0.15) is 0 Å². The second-order valence-corrected chi connectivity index (χ2v) is 9.66. The molecule has 1 aromatic rings. The van der Waals surface area contributed by atoms with Gasteiger partial charge in [0.2, 0.25) is 0 Å². The van der Waals surface area contributed by atoms with E-state index >= 15 is 0 Å². The molecule has 0 radical (unpaired) electrons. The Kier molecular flexibility index (Phi) is 6.38. The molecule has 1 amide bonds. The average Bonchev–Trinajstić information content (AvgIpc) is 2.97. The van der Waals surface area contributed by atoms with Crippen molar-refractivity contribution >= 4 is 23.0 Å². The zero-order valence-electron chi connectivity index (χ0n) is 18.6. The maximum atomic E-state index is 12.3. The van der Waals surface area contributed by atoms with Crippen LogP contribution in [0, 0.1) is 22.0 Å². The topological polar surface area (TPSA) is 84.7 Å². The molecule has 1 saturated carbocycles. The first-order valence-electron chi connectivity index (χ1n) is 10.8. The molecule has 0 bridgehead atoms. The Bertz CT molecular complexity index is 833. The molecule has 1 N–H and O–H groups in total. The van der Waals surface area contributed by atoms with Crippen molar-refractivity contribution in [2.45, 2.75) is 65.5 Å². The highest BCUT2D eigenvalue weighted by Gasteiger charge is 2.30. The predicted octanol–water partition coefficient (Wildman–Crippen LogP) is 5.47. The third-order valence-electron chi connectivity index (χ3n) is 6.07. The lowest BCUT2D eigenvalue weighted by molar-refractivity contribution is -0.384. The van der Waals surface area contributed by atoms with E-state index in [1.807, 2.05) is 32.9 Å². The molecule has 2 atom stereocenters. The van der Waals surface area contributed by atoms with Gasteiger partial charge in [-0.05, 0) is 75.1 Å². The first-order valence-corrected chi connectivity index (χ1v) is 10.8. The van der Waals surface area contributed by atoms with Gasteiger partial charge in [0.05, 0.1) is 4.92 Å². The summed E-state index contributed by atoms with van der Waals surface area (Å²) in [5.41, 5.74) is 2.24. The Balaban J connectivity index is 1.75. The van der Waals surface area contributed by atoms with Crippen LogP contribution >= 0.6 is 0 Å². The first kappa shape index (κ1) is 22.1. The number of hydrogen-bond donors (Lipinski definition) is 1. The van der Waals surface area contributed by atoms with E-state index in [1.54, 1.807) is 17.0 Å². The SMILES string of the molecule is C[C@H]1CC(Nc2cc(C3=CCN(C(=O)OC(C)(C)C)CC3)ccc2[N+](=O)[O-])C[C@@H]1C. The summed E-state index contributed by atoms with van der Waals surface area (Å²) >= 11 is 0. The lowest BCUT2D eigenvalue weighted by atomic mass is 9.98. The van der Waals surface area contributed by atoms with E-state index < -0.39 is 5.60 Å². The Labute approximate surface area is 178 Å². The number of hydrogen-bond acceptors (Lipinski definition) is 5. The minimum Gasteiger partial charge on any atom is -0.444 e. The molecule has 30 heavy (non-hydrogen) atoms. The summed E-state index contributed by atoms with van der Waals surface area (Å²) in [6.45, 7) is 11.1. The zero-order valence-corrected chi connectivity index (χ0v) is 18.6. The zero-order chi connectivity index (χ0) is 22.1. The molecule has 0 saturated heterocycles. The van der Waals surface area contributed by atoms with E-state index in [-0.39, 0.29) is 22.7 Å². The Morgan fingerprint density at radius 3 is 2.43 bits per heavy atom. The number of amides is 1. The van der Waals surface area contributed by atoms with E-state index in [0.717, 1.165) is 24.0 Å². The van der Waals surface area contributed by atoms with Crippen LogP contribution in [0.25, 0.3) is 5.57 Å². The molecule has 7 nitrogen and oxygen atoms in total. The molecule has 0 unspecified atom stereocenters. The molecular weight excluding hydrogens is 382 g/mol. The van der Waals surface area contributed by atoms with Crippen molar-refractivity contribution in [1.29, 1.82) is 0 Å². The van der Waals surface area contributed by atoms with Crippen LogP contribution in [-0.2, 0) is 4.74 Å². The molecule has 1 heterocycles. The van der Waals surface area contributed by atoms with E-state index in [9.17, 15) is 14.9 Å². The third-order valence-corrected chi connectivity index (χ3v) is 6.07. The smallest absolute Gasteiger partial charge is 0.410 e. The van der Waals surface area contributed by atoms with Gasteiger partial charge in [-0.15, -0.1) is 0 Å². The number of benzene rings is 1. The number of nitrogens with zero attached hydrogens (tertiary/aromatic N) is 2. The molecule has 164 valence electrons. The van der Waals surface area contributed by atoms with Crippen LogP contribution in [0.2, 0.25) is 0 Å². The normalized spacial score (nSPS) is 22.6. The summed E-state index contributed by atoms with van der Waals surface area (Å²) in [7, 11) is 0. The van der Waals surface area contributed by atoms with E-state index in [1.165, 1.54) is 0 Å². The van der Waals surface area contributed by atoms with Crippen LogP contribution in [0.4, 0.5) is 16.2 Å². The number of carbonyl (C=O) groups is 1. The quantitative estimate of drug-likeness (QED) is 0.521. The minimum atomic E-state index is -0.519. The van der Waals surface area contributed by atoms with Gasteiger partial charge in [-0.3, -0.25) is 10.1 Å². The van der Waals surface area contributed by atoms with Crippen LogP contribution in [0.1, 0.15) is 59.4 Å². The van der Waals surface area contributed by atoms with Crippen LogP contribution in [0.5, 0.6) is 0 Å². The van der Waals surface area contributed by atoms with Gasteiger partial charge in [0.15, 0.2) is 0 Å². The lowest BCUT2D eigenvalue weighted by Gasteiger charge is -2.29. The number of nitrogens with one attached hydrogen (secondary N) is 1. The second kappa shape index (κ2) is 8.66. The van der Waals surface area contributed by atoms with Crippen molar-refractivity contribution < 1.29 is 14.5 Å². The highest BCUT2D eigenvalue weighted by atomic mass is 16.6. The fourth-order valence-corrected chi connectivity index (χ4v) is 4.23. The number of nitro groups is 1. The first-order chi connectivity index (χ1) is 14.0. The van der Waals surface area contributed by atoms with Crippen LogP contribution in [-0.4, -0.2) is 40.6 Å². The summed E-state index contributed by atoms with van der Waals surface area (Å²) < 4.78 is 5.44. The predicted molar refractivity (Wildman–Crippen MR) is 118 cm³/mol. The van der Waals surface area contributed by atoms with Gasteiger partial charge in [0, 0.05) is 25.2 Å². The number of ether oxygens (including phenoxy) is 1. The number of carbonyl (C=O) groups excluding carboxylic acids is 1. The number of anilines is 1. The molecule has 3 rings (SSSR count). The Morgan fingerprint density at radius 1 is 1.23 bits per heavy atom. The van der Waals surface area contributed by atoms with Crippen LogP contribution in [0.15, 0.2) is 24.3 Å². The van der Waals surface area contributed by atoms with Gasteiger partial charge in [-0.1, -0.05) is 19.9 Å². The maximum absolute atomic E-state index is 12.3. The number of nitro benzene ring substituents is 1. The summed E-state index contributed by atoms with van der Waals surface area (Å²) in [6.07, 6.45) is 4.44. The third kappa shape index (κ3) is 5.32. The highest BCUT2D eigenvalue weighted by Crippen LogP contribution is 2.36. The summed E-state index contributed by atoms with van der Waals surface area (Å²) in [5, 5.41) is 15.0. The number of rotatable bonds is 4. The lowest BCUT2D eigenvalue weighted by Crippen LogP contribution is -2.39. The van der Waals surface area contributed by atoms with E-state index in [4.69, 9.17) is 4.74 Å². The molecule has 2 aliphatic rings. The van der Waals surface area contributed by atoms with Crippen molar-refractivity contribution in [2.75, 3.05) is 18.4 Å². The Morgan fingerprint density at radius 2 is 1.90 bits per heavy atom. The molecule has 0 spiro atoms. The molecular formula is C23H33N3O4. The van der Waals surface area contributed by atoms with Crippen molar-refractivity contribution in [3.05, 3.63) is 40.0 Å². The van der Waals surface area contributed by atoms with Gasteiger partial charge < -0.3 is 15.0 Å². The van der Waals surface area contributed by atoms with Gasteiger partial charge >= 0.3 is 6.09 Å². The van der Waals surface area contributed by atoms with Crippen molar-refractivity contribution in [3.8, 4) is 0 Å². The maximum Gasteiger partial charge on any atom is 0.410 e. The van der Waals surface area contributed by atoms with Crippen molar-refractivity contribution in [2.24, 2.45) is 11.8 Å². The minimum absolute atomic E-state index is 0.109. The summed E-state index contributed by atoms with van der Waals surface area (Å²) in [4.78, 5) is 25.2. The fraction of sp³-hybridized carbons (Fsp3) is 0.609. The monoisotopic (exact) mass is 415 g/mol. The second-order valence-electron chi connectivity index (χ2n) is 9.66. The van der Waals surface area contributed by atoms with Crippen LogP contribution in [0.3, 0.4) is 0 Å². The fourth-order valence-electron chi connectivity index (χ4n) is 4.23. The molecule has 1 fully saturated rings. The highest BCUT2D eigenvalue weighted by molar-refractivity contribution is 5.76. The molecule has 7 heteroatoms. The average molecular weight is 416 g/mol. The Hall–Kier alpha value is -2.57. The van der Waals surface area contributed by atoms with Crippen LogP contribution < -0.4 is 5.32 Å². The van der Waals surface area contributed by atoms with E-state index in [2.05, 4.69) is 19.2 Å². The molecule has 1 aromatic carbocycles. The van der Waals surface area contributed by atoms with Crippen molar-refractivity contribution in [3.63, 3.8) is 0 Å². The summed E-state index contributed by atoms with van der Waals surface area (Å²) in [6, 6.07) is 5.53. The molecule has 1 aliphatic carbocycles. The van der Waals surface area contributed by atoms with Gasteiger partial charge in [0.25, 0.3) is 5.69 Å². The molecule has 1 aliphatic heterocycles. The standard InChI is InChI=1S/C23H33N3O4/c1-15-12-19(13-16(15)2)24-20-14-18(6-7-21(20)26(28)29)17-8-10-25(11-9-17)22(27)30-23(3,4)5/h6-8,14-16,19,24H,9-13H2,1-5H3/t15-,16-/m0/s1. The van der Waals surface area contributed by atoms with Gasteiger partial charge in [-0.25, -0.2) is 4.79 Å². The summed E-state index contributed by atoms with van der Waals surface area (Å²) in [5.74, 6) is 1.23. The van der Waals surface area contributed by atoms with E-state index in [0.29, 0.717) is 37.0 Å². The van der Waals surface area contributed by atoms with Crippen molar-refractivity contribution in [1.82, 2.24) is 4.90 Å².